The number of hydrogen-bond donors (Lipinski definition) is 1. The van der Waals surface area contributed by atoms with E-state index in [2.05, 4.69) is 9.46 Å². The number of carbonyl (C=O) groups excluding carboxylic acids is 1. The molecule has 0 spiro atoms. The molecule has 0 radical (unpaired) electrons. The highest BCUT2D eigenvalue weighted by Gasteiger charge is 2.13. The highest BCUT2D eigenvalue weighted by molar-refractivity contribution is 7.91. The summed E-state index contributed by atoms with van der Waals surface area (Å²) in [6, 6.07) is 13.5. The molecule has 0 saturated carbocycles. The van der Waals surface area contributed by atoms with Crippen LogP contribution in [0, 0.1) is 6.92 Å². The molecule has 22 heavy (non-hydrogen) atoms. The standard InChI is InChI=1S/C16H17NO4S/c1-12-6-8-13(9-7-12)11-22(19,20)17-15-5-3-4-14(10-15)16(18)21-2/h3-10,17H,11H2,1-2H3. The number of aryl methyl sites for hydroxylation is 1. The maximum Gasteiger partial charge on any atom is 0.337 e. The highest BCUT2D eigenvalue weighted by Crippen LogP contribution is 2.15. The lowest BCUT2D eigenvalue weighted by atomic mass is 10.2. The van der Waals surface area contributed by atoms with E-state index in [1.807, 2.05) is 19.1 Å². The number of hydrogen-bond acceptors (Lipinski definition) is 4. The highest BCUT2D eigenvalue weighted by atomic mass is 32.2. The van der Waals surface area contributed by atoms with Gasteiger partial charge in [-0.25, -0.2) is 13.2 Å². The molecule has 5 nitrogen and oxygen atoms in total. The van der Waals surface area contributed by atoms with Crippen molar-refractivity contribution in [2.45, 2.75) is 12.7 Å². The second-order valence-corrected chi connectivity index (χ2v) is 6.64. The van der Waals surface area contributed by atoms with Crippen LogP contribution in [0.3, 0.4) is 0 Å². The lowest BCUT2D eigenvalue weighted by molar-refractivity contribution is 0.0601. The molecule has 0 bridgehead atoms. The predicted molar refractivity (Wildman–Crippen MR) is 85.2 cm³/mol. The van der Waals surface area contributed by atoms with Crippen LogP contribution >= 0.6 is 0 Å². The first kappa shape index (κ1) is 16.0. The van der Waals surface area contributed by atoms with E-state index in [1.54, 1.807) is 30.3 Å². The van der Waals surface area contributed by atoms with Crippen LogP contribution in [0.2, 0.25) is 0 Å². The quantitative estimate of drug-likeness (QED) is 0.860. The van der Waals surface area contributed by atoms with E-state index in [9.17, 15) is 13.2 Å². The summed E-state index contributed by atoms with van der Waals surface area (Å²) in [5, 5.41) is 0. The van der Waals surface area contributed by atoms with Crippen LogP contribution in [-0.4, -0.2) is 21.5 Å². The number of nitrogens with one attached hydrogen (secondary N) is 1. The molecule has 6 heteroatoms. The second kappa shape index (κ2) is 6.62. The third-order valence-electron chi connectivity index (χ3n) is 3.03. The number of methoxy groups -OCH3 is 1. The number of rotatable bonds is 5. The fraction of sp³-hybridized carbons (Fsp3) is 0.188. The number of carbonyl (C=O) groups is 1. The van der Waals surface area contributed by atoms with Gasteiger partial charge >= 0.3 is 5.97 Å². The zero-order valence-electron chi connectivity index (χ0n) is 12.4. The summed E-state index contributed by atoms with van der Waals surface area (Å²) in [6.07, 6.45) is 0. The Morgan fingerprint density at radius 2 is 1.82 bits per heavy atom. The van der Waals surface area contributed by atoms with Crippen LogP contribution < -0.4 is 4.72 Å². The summed E-state index contributed by atoms with van der Waals surface area (Å²) in [6.45, 7) is 1.94. The van der Waals surface area contributed by atoms with Crippen LogP contribution in [0.1, 0.15) is 21.5 Å². The molecule has 0 atom stereocenters. The van der Waals surface area contributed by atoms with Crippen molar-refractivity contribution in [3.63, 3.8) is 0 Å². The number of anilines is 1. The molecule has 0 amide bonds. The van der Waals surface area contributed by atoms with Gasteiger partial charge in [0.15, 0.2) is 0 Å². The molecule has 2 rings (SSSR count). The van der Waals surface area contributed by atoms with Crippen molar-refractivity contribution in [3.05, 3.63) is 65.2 Å². The monoisotopic (exact) mass is 319 g/mol. The Morgan fingerprint density at radius 1 is 1.14 bits per heavy atom. The normalized spacial score (nSPS) is 11.0. The van der Waals surface area contributed by atoms with E-state index in [0.717, 1.165) is 5.56 Å². The van der Waals surface area contributed by atoms with Gasteiger partial charge in [0, 0.05) is 5.69 Å². The van der Waals surface area contributed by atoms with Crippen molar-refractivity contribution in [1.29, 1.82) is 0 Å². The second-order valence-electron chi connectivity index (χ2n) is 4.92. The SMILES string of the molecule is COC(=O)c1cccc(NS(=O)(=O)Cc2ccc(C)cc2)c1. The van der Waals surface area contributed by atoms with E-state index >= 15 is 0 Å². The van der Waals surface area contributed by atoms with Crippen LogP contribution in [0.25, 0.3) is 0 Å². The van der Waals surface area contributed by atoms with E-state index in [-0.39, 0.29) is 11.3 Å². The van der Waals surface area contributed by atoms with Crippen molar-refractivity contribution >= 4 is 21.7 Å². The van der Waals surface area contributed by atoms with Gasteiger partial charge in [0.05, 0.1) is 18.4 Å². The number of esters is 1. The zero-order valence-corrected chi connectivity index (χ0v) is 13.2. The third-order valence-corrected chi connectivity index (χ3v) is 4.29. The molecule has 0 aromatic heterocycles. The first-order valence-electron chi connectivity index (χ1n) is 6.64. The van der Waals surface area contributed by atoms with E-state index in [0.29, 0.717) is 11.3 Å². The molecular formula is C16H17NO4S. The van der Waals surface area contributed by atoms with E-state index < -0.39 is 16.0 Å². The summed E-state index contributed by atoms with van der Waals surface area (Å²) in [5.41, 5.74) is 2.38. The third kappa shape index (κ3) is 4.33. The van der Waals surface area contributed by atoms with Crippen molar-refractivity contribution in [2.24, 2.45) is 0 Å². The average Bonchev–Trinajstić information content (AvgIpc) is 2.48. The first-order chi connectivity index (χ1) is 10.4. The van der Waals surface area contributed by atoms with Crippen LogP contribution in [0.15, 0.2) is 48.5 Å². The largest absolute Gasteiger partial charge is 0.465 e. The fourth-order valence-corrected chi connectivity index (χ4v) is 3.14. The van der Waals surface area contributed by atoms with Gasteiger partial charge in [-0.3, -0.25) is 4.72 Å². The summed E-state index contributed by atoms with van der Waals surface area (Å²) in [4.78, 5) is 11.5. The zero-order chi connectivity index (χ0) is 16.2. The summed E-state index contributed by atoms with van der Waals surface area (Å²) in [5.74, 6) is -0.644. The summed E-state index contributed by atoms with van der Waals surface area (Å²) < 4.78 is 31.4. The number of benzene rings is 2. The van der Waals surface area contributed by atoms with Gasteiger partial charge in [-0.1, -0.05) is 35.9 Å². The molecule has 116 valence electrons. The molecule has 2 aromatic rings. The molecular weight excluding hydrogens is 302 g/mol. The predicted octanol–water partition coefficient (Wildman–Crippen LogP) is 2.72. The minimum Gasteiger partial charge on any atom is -0.465 e. The van der Waals surface area contributed by atoms with Crippen LogP contribution in [0.4, 0.5) is 5.69 Å². The Morgan fingerprint density at radius 3 is 2.45 bits per heavy atom. The molecule has 1 N–H and O–H groups in total. The Balaban J connectivity index is 2.15. The van der Waals surface area contributed by atoms with Gasteiger partial charge in [0.2, 0.25) is 10.0 Å². The summed E-state index contributed by atoms with van der Waals surface area (Å²) >= 11 is 0. The minimum absolute atomic E-state index is 0.129. The lowest BCUT2D eigenvalue weighted by Gasteiger charge is -2.09. The molecule has 2 aromatic carbocycles. The Kier molecular flexibility index (Phi) is 4.82. The Bertz CT molecular complexity index is 767. The molecule has 0 fully saturated rings. The average molecular weight is 319 g/mol. The van der Waals surface area contributed by atoms with Gasteiger partial charge in [-0.05, 0) is 30.7 Å². The Hall–Kier alpha value is -2.34. The van der Waals surface area contributed by atoms with E-state index in [4.69, 9.17) is 0 Å². The smallest absolute Gasteiger partial charge is 0.337 e. The van der Waals surface area contributed by atoms with Gasteiger partial charge < -0.3 is 4.74 Å². The topological polar surface area (TPSA) is 72.5 Å². The maximum atomic E-state index is 12.2. The van der Waals surface area contributed by atoms with Crippen molar-refractivity contribution in [1.82, 2.24) is 0 Å². The Labute approximate surface area is 130 Å². The fourth-order valence-electron chi connectivity index (χ4n) is 1.95. The molecule has 0 aliphatic carbocycles. The maximum absolute atomic E-state index is 12.2. The lowest BCUT2D eigenvalue weighted by Crippen LogP contribution is -2.15. The molecule has 0 aliphatic heterocycles. The van der Waals surface area contributed by atoms with Crippen LogP contribution in [-0.2, 0) is 20.5 Å². The van der Waals surface area contributed by atoms with Gasteiger partial charge in [0.1, 0.15) is 0 Å². The minimum atomic E-state index is -3.55. The molecule has 0 saturated heterocycles. The van der Waals surface area contributed by atoms with Crippen molar-refractivity contribution in [2.75, 3.05) is 11.8 Å². The van der Waals surface area contributed by atoms with Crippen LogP contribution in [0.5, 0.6) is 0 Å². The van der Waals surface area contributed by atoms with Gasteiger partial charge in [-0.15, -0.1) is 0 Å². The van der Waals surface area contributed by atoms with Gasteiger partial charge in [0.25, 0.3) is 0 Å². The number of sulfonamides is 1. The summed E-state index contributed by atoms with van der Waals surface area (Å²) in [7, 11) is -2.28. The molecule has 0 heterocycles. The first-order valence-corrected chi connectivity index (χ1v) is 8.29. The number of ether oxygens (including phenoxy) is 1. The van der Waals surface area contributed by atoms with E-state index in [1.165, 1.54) is 13.2 Å². The molecule has 0 unspecified atom stereocenters. The molecule has 0 aliphatic rings. The van der Waals surface area contributed by atoms with Gasteiger partial charge in [-0.2, -0.15) is 0 Å². The van der Waals surface area contributed by atoms with Crippen molar-refractivity contribution in [3.8, 4) is 0 Å². The van der Waals surface area contributed by atoms with Crippen molar-refractivity contribution < 1.29 is 17.9 Å².